The van der Waals surface area contributed by atoms with Crippen LogP contribution in [0.1, 0.15) is 21.5 Å². The third-order valence-corrected chi connectivity index (χ3v) is 3.99. The van der Waals surface area contributed by atoms with Gasteiger partial charge in [-0.2, -0.15) is 0 Å². The quantitative estimate of drug-likeness (QED) is 0.621. The van der Waals surface area contributed by atoms with Gasteiger partial charge in [0.25, 0.3) is 5.91 Å². The monoisotopic (exact) mass is 369 g/mol. The number of Topliss-reactive ketones (excluding diaryl/α,β-unsaturated/α-hetero) is 1. The number of esters is 1. The predicted octanol–water partition coefficient (Wildman–Crippen LogP) is 2.44. The van der Waals surface area contributed by atoms with Crippen LogP contribution < -0.4 is 14.8 Å². The minimum Gasteiger partial charge on any atom is -0.482 e. The van der Waals surface area contributed by atoms with E-state index in [4.69, 9.17) is 14.2 Å². The summed E-state index contributed by atoms with van der Waals surface area (Å²) in [7, 11) is 0. The number of nitrogens with one attached hydrogen (secondary N) is 1. The molecule has 0 spiro atoms. The lowest BCUT2D eigenvalue weighted by Crippen LogP contribution is -2.25. The predicted molar refractivity (Wildman–Crippen MR) is 97.3 cm³/mol. The van der Waals surface area contributed by atoms with Gasteiger partial charge in [0.1, 0.15) is 11.5 Å². The van der Waals surface area contributed by atoms with E-state index in [0.717, 1.165) is 11.1 Å². The zero-order valence-electron chi connectivity index (χ0n) is 15.0. The number of benzene rings is 2. The molecule has 0 saturated heterocycles. The van der Waals surface area contributed by atoms with Crippen molar-refractivity contribution < 1.29 is 28.6 Å². The van der Waals surface area contributed by atoms with Crippen molar-refractivity contribution in [2.24, 2.45) is 0 Å². The Bertz CT molecular complexity index is 905. The molecule has 0 saturated carbocycles. The van der Waals surface area contributed by atoms with Gasteiger partial charge in [0, 0.05) is 5.56 Å². The number of carbonyl (C=O) groups excluding carboxylic acids is 3. The largest absolute Gasteiger partial charge is 0.482 e. The number of hydrogen-bond acceptors (Lipinski definition) is 6. The minimum absolute atomic E-state index is 0.0572. The van der Waals surface area contributed by atoms with Crippen LogP contribution >= 0.6 is 0 Å². The number of fused-ring (bicyclic) bond motifs is 1. The Balaban J connectivity index is 1.53. The number of ether oxygens (including phenoxy) is 3. The molecule has 0 fully saturated rings. The van der Waals surface area contributed by atoms with E-state index >= 15 is 0 Å². The maximum Gasteiger partial charge on any atom is 0.344 e. The fraction of sp³-hybridized carbons (Fsp3) is 0.250. The molecule has 0 aromatic heterocycles. The average Bonchev–Trinajstić information content (AvgIpc) is 2.66. The van der Waals surface area contributed by atoms with Crippen LogP contribution in [0.25, 0.3) is 0 Å². The first-order valence-electron chi connectivity index (χ1n) is 8.38. The van der Waals surface area contributed by atoms with Crippen LogP contribution in [0.5, 0.6) is 11.5 Å². The van der Waals surface area contributed by atoms with Crippen molar-refractivity contribution in [1.29, 1.82) is 0 Å². The van der Waals surface area contributed by atoms with Crippen LogP contribution in [0.4, 0.5) is 5.69 Å². The Morgan fingerprint density at radius 2 is 1.93 bits per heavy atom. The maximum absolute atomic E-state index is 12.2. The molecule has 1 amide bonds. The molecule has 140 valence electrons. The fourth-order valence-electron chi connectivity index (χ4n) is 2.53. The molecular weight excluding hydrogens is 350 g/mol. The lowest BCUT2D eigenvalue weighted by molar-refractivity contribution is -0.144. The standard InChI is InChI=1S/C20H19NO6/c1-12-3-4-13(2)18(7-12)26-11-20(24)27-9-16(22)14-5-6-17-15(8-14)21-19(23)10-25-17/h3-8H,9-11H2,1-2H3,(H,21,23). The summed E-state index contributed by atoms with van der Waals surface area (Å²) >= 11 is 0. The van der Waals surface area contributed by atoms with Crippen LogP contribution in [0, 0.1) is 13.8 Å². The Kier molecular flexibility index (Phi) is 5.40. The Morgan fingerprint density at radius 1 is 1.11 bits per heavy atom. The lowest BCUT2D eigenvalue weighted by Gasteiger charge is -2.18. The van der Waals surface area contributed by atoms with Gasteiger partial charge in [0.2, 0.25) is 0 Å². The summed E-state index contributed by atoms with van der Waals surface area (Å²) in [6.45, 7) is 3.05. The number of amides is 1. The second-order valence-electron chi connectivity index (χ2n) is 6.19. The highest BCUT2D eigenvalue weighted by Gasteiger charge is 2.18. The van der Waals surface area contributed by atoms with Crippen molar-refractivity contribution in [3.05, 3.63) is 53.1 Å². The van der Waals surface area contributed by atoms with Gasteiger partial charge in [0.05, 0.1) is 5.69 Å². The summed E-state index contributed by atoms with van der Waals surface area (Å²) in [5.74, 6) is -0.229. The van der Waals surface area contributed by atoms with Gasteiger partial charge >= 0.3 is 5.97 Å². The molecule has 1 heterocycles. The number of carbonyl (C=O) groups is 3. The zero-order chi connectivity index (χ0) is 19.4. The van der Waals surface area contributed by atoms with E-state index in [1.54, 1.807) is 12.1 Å². The van der Waals surface area contributed by atoms with Crippen molar-refractivity contribution in [2.75, 3.05) is 25.1 Å². The summed E-state index contributed by atoms with van der Waals surface area (Å²) in [5.41, 5.74) is 2.65. The summed E-state index contributed by atoms with van der Waals surface area (Å²) in [5, 5.41) is 2.62. The van der Waals surface area contributed by atoms with Crippen LogP contribution in [-0.4, -0.2) is 37.5 Å². The maximum atomic E-state index is 12.2. The van der Waals surface area contributed by atoms with Crippen LogP contribution in [0.3, 0.4) is 0 Å². The van der Waals surface area contributed by atoms with Gasteiger partial charge in [-0.1, -0.05) is 12.1 Å². The molecule has 7 nitrogen and oxygen atoms in total. The second-order valence-corrected chi connectivity index (χ2v) is 6.19. The van der Waals surface area contributed by atoms with Gasteiger partial charge in [-0.15, -0.1) is 0 Å². The highest BCUT2D eigenvalue weighted by molar-refractivity contribution is 6.01. The summed E-state index contributed by atoms with van der Waals surface area (Å²) < 4.78 is 15.7. The number of anilines is 1. The fourth-order valence-corrected chi connectivity index (χ4v) is 2.53. The molecule has 1 N–H and O–H groups in total. The highest BCUT2D eigenvalue weighted by Crippen LogP contribution is 2.28. The molecular formula is C20H19NO6. The first-order valence-corrected chi connectivity index (χ1v) is 8.38. The third kappa shape index (κ3) is 4.63. The number of hydrogen-bond donors (Lipinski definition) is 1. The average molecular weight is 369 g/mol. The Labute approximate surface area is 156 Å². The molecule has 0 atom stereocenters. The van der Waals surface area contributed by atoms with Gasteiger partial charge in [0.15, 0.2) is 25.6 Å². The smallest absolute Gasteiger partial charge is 0.344 e. The van der Waals surface area contributed by atoms with Crippen LogP contribution in [0.2, 0.25) is 0 Å². The van der Waals surface area contributed by atoms with E-state index < -0.39 is 18.4 Å². The second kappa shape index (κ2) is 7.90. The topological polar surface area (TPSA) is 90.9 Å². The van der Waals surface area contributed by atoms with E-state index in [0.29, 0.717) is 22.7 Å². The minimum atomic E-state index is -0.640. The van der Waals surface area contributed by atoms with Gasteiger partial charge < -0.3 is 19.5 Å². The van der Waals surface area contributed by atoms with Crippen molar-refractivity contribution in [1.82, 2.24) is 0 Å². The number of rotatable bonds is 6. The van der Waals surface area contributed by atoms with Crippen molar-refractivity contribution in [2.45, 2.75) is 13.8 Å². The number of aryl methyl sites for hydroxylation is 2. The Hall–Kier alpha value is -3.35. The molecule has 2 aromatic carbocycles. The van der Waals surface area contributed by atoms with Gasteiger partial charge in [-0.25, -0.2) is 4.79 Å². The first kappa shape index (κ1) is 18.4. The van der Waals surface area contributed by atoms with Crippen molar-refractivity contribution >= 4 is 23.3 Å². The SMILES string of the molecule is Cc1ccc(C)c(OCC(=O)OCC(=O)c2ccc3c(c2)NC(=O)CO3)c1. The first-order chi connectivity index (χ1) is 12.9. The molecule has 3 rings (SSSR count). The van der Waals surface area contributed by atoms with Gasteiger partial charge in [-0.05, 0) is 49.2 Å². The van der Waals surface area contributed by atoms with Crippen molar-refractivity contribution in [3.8, 4) is 11.5 Å². The molecule has 0 radical (unpaired) electrons. The van der Waals surface area contributed by atoms with Gasteiger partial charge in [-0.3, -0.25) is 9.59 Å². The normalized spacial score (nSPS) is 12.4. The lowest BCUT2D eigenvalue weighted by atomic mass is 10.1. The molecule has 1 aliphatic rings. The van der Waals surface area contributed by atoms with E-state index in [-0.39, 0.29) is 19.1 Å². The summed E-state index contributed by atoms with van der Waals surface area (Å²) in [4.78, 5) is 35.4. The van der Waals surface area contributed by atoms with E-state index in [2.05, 4.69) is 5.32 Å². The van der Waals surface area contributed by atoms with E-state index in [1.807, 2.05) is 32.0 Å². The van der Waals surface area contributed by atoms with Crippen molar-refractivity contribution in [3.63, 3.8) is 0 Å². The number of ketones is 1. The zero-order valence-corrected chi connectivity index (χ0v) is 15.0. The molecule has 0 bridgehead atoms. The van der Waals surface area contributed by atoms with E-state index in [1.165, 1.54) is 6.07 Å². The van der Waals surface area contributed by atoms with Crippen LogP contribution in [-0.2, 0) is 14.3 Å². The highest BCUT2D eigenvalue weighted by atomic mass is 16.6. The summed E-state index contributed by atoms with van der Waals surface area (Å²) in [6, 6.07) is 10.3. The molecule has 27 heavy (non-hydrogen) atoms. The molecule has 0 aliphatic carbocycles. The molecule has 1 aliphatic heterocycles. The van der Waals surface area contributed by atoms with E-state index in [9.17, 15) is 14.4 Å². The molecule has 2 aromatic rings. The molecule has 7 heteroatoms. The molecule has 0 unspecified atom stereocenters. The van der Waals surface area contributed by atoms with Crippen LogP contribution in [0.15, 0.2) is 36.4 Å². The summed E-state index contributed by atoms with van der Waals surface area (Å²) in [6.07, 6.45) is 0. The Morgan fingerprint density at radius 3 is 2.74 bits per heavy atom. The third-order valence-electron chi connectivity index (χ3n) is 3.99.